The number of H-pyrrole nitrogens is 2. The Bertz CT molecular complexity index is 760. The lowest BCUT2D eigenvalue weighted by Crippen LogP contribution is -2.18. The summed E-state index contributed by atoms with van der Waals surface area (Å²) in [6.45, 7) is 1.97. The molecule has 0 fully saturated rings. The Morgan fingerprint density at radius 1 is 1.14 bits per heavy atom. The van der Waals surface area contributed by atoms with Crippen molar-refractivity contribution in [2.75, 3.05) is 0 Å². The summed E-state index contributed by atoms with van der Waals surface area (Å²) in [7, 11) is 0. The topological polar surface area (TPSA) is 48.6 Å². The Balaban J connectivity index is 2.35. The van der Waals surface area contributed by atoms with E-state index < -0.39 is 11.7 Å². The van der Waals surface area contributed by atoms with E-state index in [4.69, 9.17) is 12.2 Å². The molecule has 0 aliphatic carbocycles. The first-order chi connectivity index (χ1) is 10.3. The van der Waals surface area contributed by atoms with Gasteiger partial charge in [-0.1, -0.05) is 25.5 Å². The number of hydrogen-bond donors (Lipinski definition) is 2. The van der Waals surface area contributed by atoms with Crippen LogP contribution in [0, 0.1) is 4.77 Å². The van der Waals surface area contributed by atoms with E-state index in [0.717, 1.165) is 24.2 Å². The van der Waals surface area contributed by atoms with Crippen molar-refractivity contribution in [1.29, 1.82) is 0 Å². The van der Waals surface area contributed by atoms with E-state index in [1.807, 2.05) is 6.92 Å². The van der Waals surface area contributed by atoms with Crippen LogP contribution in [0.4, 0.5) is 13.2 Å². The summed E-state index contributed by atoms with van der Waals surface area (Å²) in [6.07, 6.45) is -2.62. The highest BCUT2D eigenvalue weighted by Gasteiger charge is 2.29. The van der Waals surface area contributed by atoms with Gasteiger partial charge < -0.3 is 4.98 Å². The van der Waals surface area contributed by atoms with Crippen molar-refractivity contribution in [3.63, 3.8) is 0 Å². The second-order valence-electron chi connectivity index (χ2n) is 4.99. The van der Waals surface area contributed by atoms with Gasteiger partial charge in [0, 0.05) is 17.7 Å². The van der Waals surface area contributed by atoms with E-state index in [1.54, 1.807) is 0 Å². The van der Waals surface area contributed by atoms with E-state index in [0.29, 0.717) is 17.5 Å². The number of alkyl halides is 3. The number of benzene rings is 1. The molecule has 1 heterocycles. The minimum absolute atomic E-state index is 0.254. The Labute approximate surface area is 130 Å². The molecule has 0 aliphatic heterocycles. The Kier molecular flexibility index (Phi) is 4.85. The Morgan fingerprint density at radius 3 is 2.32 bits per heavy atom. The number of halogens is 3. The third kappa shape index (κ3) is 3.85. The van der Waals surface area contributed by atoms with Gasteiger partial charge in [-0.15, -0.1) is 0 Å². The quantitative estimate of drug-likeness (QED) is 0.834. The molecule has 0 spiro atoms. The summed E-state index contributed by atoms with van der Waals surface area (Å²) in [6, 6.07) is 4.82. The first kappa shape index (κ1) is 16.5. The summed E-state index contributed by atoms with van der Waals surface area (Å²) in [5.74, 6) is 0. The number of nitrogens with one attached hydrogen (secondary N) is 2. The van der Waals surface area contributed by atoms with Crippen molar-refractivity contribution in [2.45, 2.75) is 32.4 Å². The van der Waals surface area contributed by atoms with Gasteiger partial charge in [-0.05, 0) is 36.3 Å². The molecule has 0 saturated carbocycles. The van der Waals surface area contributed by atoms with Gasteiger partial charge in [-0.2, -0.15) is 13.2 Å². The summed E-state index contributed by atoms with van der Waals surface area (Å²) >= 11 is 4.95. The molecule has 0 bridgehead atoms. The molecule has 3 nitrogen and oxygen atoms in total. The first-order valence-electron chi connectivity index (χ1n) is 6.81. The highest BCUT2D eigenvalue weighted by molar-refractivity contribution is 7.71. The van der Waals surface area contributed by atoms with Gasteiger partial charge in [0.2, 0.25) is 0 Å². The zero-order valence-electron chi connectivity index (χ0n) is 11.9. The molecule has 7 heteroatoms. The van der Waals surface area contributed by atoms with Crippen LogP contribution in [0.25, 0.3) is 0 Å². The maximum Gasteiger partial charge on any atom is 0.416 e. The van der Waals surface area contributed by atoms with Crippen molar-refractivity contribution >= 4 is 12.2 Å². The van der Waals surface area contributed by atoms with E-state index in [2.05, 4.69) is 9.97 Å². The maximum atomic E-state index is 12.5. The number of aromatic nitrogens is 2. The summed E-state index contributed by atoms with van der Waals surface area (Å²) < 4.78 is 37.9. The molecule has 0 radical (unpaired) electrons. The van der Waals surface area contributed by atoms with Gasteiger partial charge in [0.1, 0.15) is 0 Å². The molecular weight excluding hydrogens is 313 g/mol. The van der Waals surface area contributed by atoms with Crippen LogP contribution < -0.4 is 5.56 Å². The van der Waals surface area contributed by atoms with Crippen molar-refractivity contribution < 1.29 is 13.2 Å². The Morgan fingerprint density at radius 2 is 1.77 bits per heavy atom. The number of rotatable bonds is 4. The van der Waals surface area contributed by atoms with Crippen LogP contribution in [-0.4, -0.2) is 9.97 Å². The third-order valence-corrected chi connectivity index (χ3v) is 3.50. The lowest BCUT2D eigenvalue weighted by Gasteiger charge is -2.10. The molecule has 2 N–H and O–H groups in total. The molecule has 1 aromatic carbocycles. The average molecular weight is 328 g/mol. The minimum atomic E-state index is -4.36. The SMILES string of the molecule is CCCc1[nH]c(=S)[nH]c(=O)c1Cc1ccc(C(F)(F)F)cc1. The maximum absolute atomic E-state index is 12.5. The molecule has 2 aromatic rings. The van der Waals surface area contributed by atoms with Crippen molar-refractivity contribution in [2.24, 2.45) is 0 Å². The van der Waals surface area contributed by atoms with E-state index in [-0.39, 0.29) is 16.8 Å². The van der Waals surface area contributed by atoms with Gasteiger partial charge in [0.15, 0.2) is 4.77 Å². The molecule has 1 aromatic heterocycles. The first-order valence-corrected chi connectivity index (χ1v) is 7.22. The fraction of sp³-hybridized carbons (Fsp3) is 0.333. The van der Waals surface area contributed by atoms with Crippen LogP contribution in [0.2, 0.25) is 0 Å². The van der Waals surface area contributed by atoms with Crippen molar-refractivity contribution in [3.05, 3.63) is 61.8 Å². The number of hydrogen-bond acceptors (Lipinski definition) is 2. The van der Waals surface area contributed by atoms with E-state index in [9.17, 15) is 18.0 Å². The highest BCUT2D eigenvalue weighted by Crippen LogP contribution is 2.29. The predicted molar refractivity (Wildman–Crippen MR) is 80.5 cm³/mol. The number of aryl methyl sites for hydroxylation is 1. The molecule has 0 unspecified atom stereocenters. The van der Waals surface area contributed by atoms with Crippen LogP contribution >= 0.6 is 12.2 Å². The van der Waals surface area contributed by atoms with Gasteiger partial charge in [0.05, 0.1) is 5.56 Å². The smallest absolute Gasteiger partial charge is 0.336 e. The molecule has 0 atom stereocenters. The van der Waals surface area contributed by atoms with Gasteiger partial charge in [-0.3, -0.25) is 9.78 Å². The standard InChI is InChI=1S/C15H15F3N2OS/c1-2-3-12-11(13(21)20-14(22)19-12)8-9-4-6-10(7-5-9)15(16,17)18/h4-7H,2-3,8H2,1H3,(H2,19,20,21,22). The highest BCUT2D eigenvalue weighted by atomic mass is 32.1. The molecule has 118 valence electrons. The van der Waals surface area contributed by atoms with Gasteiger partial charge in [-0.25, -0.2) is 0 Å². The van der Waals surface area contributed by atoms with Crippen LogP contribution in [0.15, 0.2) is 29.1 Å². The van der Waals surface area contributed by atoms with Crippen molar-refractivity contribution in [3.8, 4) is 0 Å². The molecule has 2 rings (SSSR count). The lowest BCUT2D eigenvalue weighted by molar-refractivity contribution is -0.137. The predicted octanol–water partition coefficient (Wildman–Crippen LogP) is 3.99. The second kappa shape index (κ2) is 6.48. The average Bonchev–Trinajstić information content (AvgIpc) is 2.42. The third-order valence-electron chi connectivity index (χ3n) is 3.29. The van der Waals surface area contributed by atoms with Crippen LogP contribution in [-0.2, 0) is 19.0 Å². The molecule has 22 heavy (non-hydrogen) atoms. The molecule has 0 amide bonds. The zero-order chi connectivity index (χ0) is 16.3. The van der Waals surface area contributed by atoms with Gasteiger partial charge >= 0.3 is 6.18 Å². The monoisotopic (exact) mass is 328 g/mol. The summed E-state index contributed by atoms with van der Waals surface area (Å²) in [4.78, 5) is 17.5. The van der Waals surface area contributed by atoms with Crippen molar-refractivity contribution in [1.82, 2.24) is 9.97 Å². The lowest BCUT2D eigenvalue weighted by atomic mass is 10.0. The van der Waals surface area contributed by atoms with Gasteiger partial charge in [0.25, 0.3) is 5.56 Å². The summed E-state index contributed by atoms with van der Waals surface area (Å²) in [5, 5.41) is 0. The summed E-state index contributed by atoms with van der Waals surface area (Å²) in [5.41, 5.74) is 0.881. The number of aromatic amines is 2. The van der Waals surface area contributed by atoms with E-state index >= 15 is 0 Å². The van der Waals surface area contributed by atoms with E-state index in [1.165, 1.54) is 12.1 Å². The fourth-order valence-electron chi connectivity index (χ4n) is 2.23. The van der Waals surface area contributed by atoms with Crippen LogP contribution in [0.1, 0.15) is 35.7 Å². The Hall–Kier alpha value is -1.89. The normalized spacial score (nSPS) is 11.6. The molecular formula is C15H15F3N2OS. The second-order valence-corrected chi connectivity index (χ2v) is 5.40. The molecule has 0 aliphatic rings. The van der Waals surface area contributed by atoms with Crippen LogP contribution in [0.5, 0.6) is 0 Å². The molecule has 0 saturated heterocycles. The minimum Gasteiger partial charge on any atom is -0.336 e. The zero-order valence-corrected chi connectivity index (χ0v) is 12.7. The largest absolute Gasteiger partial charge is 0.416 e. The van der Waals surface area contributed by atoms with Crippen LogP contribution in [0.3, 0.4) is 0 Å². The fourth-order valence-corrected chi connectivity index (χ4v) is 2.44.